The molecule has 1 aromatic rings. The first-order valence-electron chi connectivity index (χ1n) is 5.85. The van der Waals surface area contributed by atoms with Crippen LogP contribution in [0, 0.1) is 0 Å². The Morgan fingerprint density at radius 3 is 2.89 bits per heavy atom. The molecule has 1 aromatic carbocycles. The van der Waals surface area contributed by atoms with Crippen molar-refractivity contribution in [2.24, 2.45) is 0 Å². The largest absolute Gasteiger partial charge is 0.379 e. The normalized spacial score (nSPS) is 23.7. The van der Waals surface area contributed by atoms with Gasteiger partial charge < -0.3 is 10.1 Å². The van der Waals surface area contributed by atoms with E-state index in [2.05, 4.69) is 21.2 Å². The third-order valence-corrected chi connectivity index (χ3v) is 3.65. The van der Waals surface area contributed by atoms with Crippen LogP contribution in [0.1, 0.15) is 30.1 Å². The van der Waals surface area contributed by atoms with Gasteiger partial charge in [-0.05, 0) is 38.0 Å². The predicted octanol–water partition coefficient (Wildman–Crippen LogP) is 3.40. The fourth-order valence-corrected chi connectivity index (χ4v) is 2.92. The fraction of sp³-hybridized carbons (Fsp3) is 0.462. The van der Waals surface area contributed by atoms with Gasteiger partial charge in [0.25, 0.3) is 5.91 Å². The maximum Gasteiger partial charge on any atom is 0.251 e. The molecule has 0 saturated carbocycles. The van der Waals surface area contributed by atoms with Crippen LogP contribution in [0.5, 0.6) is 0 Å². The first-order chi connectivity index (χ1) is 8.48. The van der Waals surface area contributed by atoms with Gasteiger partial charge in [0.15, 0.2) is 0 Å². The van der Waals surface area contributed by atoms with Gasteiger partial charge in [-0.25, -0.2) is 0 Å². The Balaban J connectivity index is 2.11. The summed E-state index contributed by atoms with van der Waals surface area (Å²) in [5, 5.41) is 3.56. The van der Waals surface area contributed by atoms with E-state index in [1.165, 1.54) is 0 Å². The number of benzene rings is 1. The SMILES string of the molecule is CC1(NC(=O)c2cc(Cl)cc(Br)c2)CCCOC1. The molecule has 1 fully saturated rings. The highest BCUT2D eigenvalue weighted by Gasteiger charge is 2.29. The number of ether oxygens (including phenoxy) is 1. The van der Waals surface area contributed by atoms with Gasteiger partial charge in [-0.2, -0.15) is 0 Å². The molecule has 1 amide bonds. The van der Waals surface area contributed by atoms with Crippen LogP contribution in [-0.4, -0.2) is 24.7 Å². The highest BCUT2D eigenvalue weighted by Crippen LogP contribution is 2.22. The van der Waals surface area contributed by atoms with Crippen LogP contribution in [0.3, 0.4) is 0 Å². The summed E-state index contributed by atoms with van der Waals surface area (Å²) in [5.41, 5.74) is 0.269. The summed E-state index contributed by atoms with van der Waals surface area (Å²) in [6.07, 6.45) is 1.90. The van der Waals surface area contributed by atoms with Crippen molar-refractivity contribution in [2.75, 3.05) is 13.2 Å². The summed E-state index contributed by atoms with van der Waals surface area (Å²) in [6.45, 7) is 3.33. The van der Waals surface area contributed by atoms with Crippen molar-refractivity contribution in [3.05, 3.63) is 33.3 Å². The van der Waals surface area contributed by atoms with Gasteiger partial charge >= 0.3 is 0 Å². The molecule has 1 saturated heterocycles. The van der Waals surface area contributed by atoms with Crippen molar-refractivity contribution >= 4 is 33.4 Å². The molecule has 2 rings (SSSR count). The lowest BCUT2D eigenvalue weighted by molar-refractivity contribution is 0.0272. The minimum Gasteiger partial charge on any atom is -0.379 e. The van der Waals surface area contributed by atoms with Crippen molar-refractivity contribution < 1.29 is 9.53 Å². The Bertz CT molecular complexity index is 438. The second kappa shape index (κ2) is 5.59. The average molecular weight is 333 g/mol. The number of carbonyl (C=O) groups is 1. The van der Waals surface area contributed by atoms with Gasteiger partial charge in [-0.1, -0.05) is 27.5 Å². The molecule has 0 spiro atoms. The Labute approximate surface area is 120 Å². The van der Waals surface area contributed by atoms with E-state index in [4.69, 9.17) is 16.3 Å². The zero-order chi connectivity index (χ0) is 13.2. The number of rotatable bonds is 2. The number of hydrogen-bond donors (Lipinski definition) is 1. The number of hydrogen-bond acceptors (Lipinski definition) is 2. The van der Waals surface area contributed by atoms with E-state index < -0.39 is 0 Å². The van der Waals surface area contributed by atoms with Gasteiger partial charge in [0.05, 0.1) is 12.1 Å². The number of carbonyl (C=O) groups excluding carboxylic acids is 1. The minimum absolute atomic E-state index is 0.119. The fourth-order valence-electron chi connectivity index (χ4n) is 2.06. The summed E-state index contributed by atoms with van der Waals surface area (Å²) in [4.78, 5) is 12.2. The van der Waals surface area contributed by atoms with Crippen molar-refractivity contribution in [2.45, 2.75) is 25.3 Å². The minimum atomic E-state index is -0.288. The molecule has 1 unspecified atom stereocenters. The molecule has 1 heterocycles. The molecular weight excluding hydrogens is 318 g/mol. The van der Waals surface area contributed by atoms with Gasteiger partial charge in [-0.3, -0.25) is 4.79 Å². The van der Waals surface area contributed by atoms with E-state index in [-0.39, 0.29) is 11.4 Å². The molecule has 3 nitrogen and oxygen atoms in total. The summed E-state index contributed by atoms with van der Waals surface area (Å²) >= 11 is 9.27. The van der Waals surface area contributed by atoms with Crippen LogP contribution in [0.2, 0.25) is 5.02 Å². The van der Waals surface area contributed by atoms with Gasteiger partial charge in [0.2, 0.25) is 0 Å². The van der Waals surface area contributed by atoms with Crippen LogP contribution in [-0.2, 0) is 4.74 Å². The molecule has 1 aliphatic rings. The second-order valence-corrected chi connectivity index (χ2v) is 6.18. The summed E-state index contributed by atoms with van der Waals surface area (Å²) in [7, 11) is 0. The highest BCUT2D eigenvalue weighted by atomic mass is 79.9. The molecule has 5 heteroatoms. The molecule has 1 aliphatic heterocycles. The molecule has 1 atom stereocenters. The topological polar surface area (TPSA) is 38.3 Å². The maximum absolute atomic E-state index is 12.2. The monoisotopic (exact) mass is 331 g/mol. The van der Waals surface area contributed by atoms with Crippen molar-refractivity contribution in [1.82, 2.24) is 5.32 Å². The number of nitrogens with one attached hydrogen (secondary N) is 1. The molecule has 18 heavy (non-hydrogen) atoms. The zero-order valence-corrected chi connectivity index (χ0v) is 12.5. The van der Waals surface area contributed by atoms with Crippen LogP contribution in [0.25, 0.3) is 0 Å². The Kier molecular flexibility index (Phi) is 4.30. The predicted molar refractivity (Wildman–Crippen MR) is 75.1 cm³/mol. The Morgan fingerprint density at radius 1 is 1.50 bits per heavy atom. The van der Waals surface area contributed by atoms with E-state index in [1.807, 2.05) is 6.92 Å². The molecule has 0 bridgehead atoms. The lowest BCUT2D eigenvalue weighted by atomic mass is 9.94. The molecule has 0 aliphatic carbocycles. The van der Waals surface area contributed by atoms with Crippen LogP contribution in [0.15, 0.2) is 22.7 Å². The first-order valence-corrected chi connectivity index (χ1v) is 7.02. The van der Waals surface area contributed by atoms with E-state index in [0.29, 0.717) is 17.2 Å². The van der Waals surface area contributed by atoms with E-state index in [1.54, 1.807) is 18.2 Å². The standard InChI is InChI=1S/C13H15BrClNO2/c1-13(3-2-4-18-8-13)16-12(17)9-5-10(14)7-11(15)6-9/h5-7H,2-4,8H2,1H3,(H,16,17). The summed E-state index contributed by atoms with van der Waals surface area (Å²) in [5.74, 6) is -0.119. The molecule has 98 valence electrons. The van der Waals surface area contributed by atoms with Crippen molar-refractivity contribution in [1.29, 1.82) is 0 Å². The molecule has 0 radical (unpaired) electrons. The van der Waals surface area contributed by atoms with Gasteiger partial charge in [0, 0.05) is 21.7 Å². The number of halogens is 2. The Morgan fingerprint density at radius 2 is 2.28 bits per heavy atom. The van der Waals surface area contributed by atoms with Crippen LogP contribution in [0.4, 0.5) is 0 Å². The molecular formula is C13H15BrClNO2. The third-order valence-electron chi connectivity index (χ3n) is 2.98. The summed E-state index contributed by atoms with van der Waals surface area (Å²) in [6, 6.07) is 5.17. The maximum atomic E-state index is 12.2. The molecule has 0 aromatic heterocycles. The Hall–Kier alpha value is -0.580. The van der Waals surface area contributed by atoms with Crippen LogP contribution < -0.4 is 5.32 Å². The van der Waals surface area contributed by atoms with Gasteiger partial charge in [-0.15, -0.1) is 0 Å². The van der Waals surface area contributed by atoms with E-state index in [9.17, 15) is 4.79 Å². The average Bonchev–Trinajstić information content (AvgIpc) is 2.28. The number of amides is 1. The lowest BCUT2D eigenvalue weighted by Gasteiger charge is -2.34. The van der Waals surface area contributed by atoms with Crippen molar-refractivity contribution in [3.8, 4) is 0 Å². The third kappa shape index (κ3) is 3.46. The summed E-state index contributed by atoms with van der Waals surface area (Å²) < 4.78 is 6.22. The van der Waals surface area contributed by atoms with E-state index in [0.717, 1.165) is 23.9 Å². The zero-order valence-electron chi connectivity index (χ0n) is 10.1. The van der Waals surface area contributed by atoms with Crippen LogP contribution >= 0.6 is 27.5 Å². The van der Waals surface area contributed by atoms with Crippen molar-refractivity contribution in [3.63, 3.8) is 0 Å². The second-order valence-electron chi connectivity index (χ2n) is 4.83. The highest BCUT2D eigenvalue weighted by molar-refractivity contribution is 9.10. The first kappa shape index (κ1) is 13.8. The molecule has 1 N–H and O–H groups in total. The van der Waals surface area contributed by atoms with Gasteiger partial charge in [0.1, 0.15) is 0 Å². The quantitative estimate of drug-likeness (QED) is 0.901. The van der Waals surface area contributed by atoms with E-state index >= 15 is 0 Å². The lowest BCUT2D eigenvalue weighted by Crippen LogP contribution is -2.51. The smallest absolute Gasteiger partial charge is 0.251 e.